The van der Waals surface area contributed by atoms with Gasteiger partial charge in [-0.3, -0.25) is 14.4 Å². The number of esters is 3. The first kappa shape index (κ1) is 69.6. The average Bonchev–Trinajstić information content (AvgIpc) is 3.39. The van der Waals surface area contributed by atoms with Gasteiger partial charge in [0.15, 0.2) is 6.10 Å². The minimum absolute atomic E-state index is 0.0993. The zero-order valence-electron chi connectivity index (χ0n) is 48.1. The van der Waals surface area contributed by atoms with Crippen molar-refractivity contribution >= 4 is 17.9 Å². The molecule has 0 amide bonds. The quantitative estimate of drug-likeness (QED) is 0.0261. The van der Waals surface area contributed by atoms with Crippen LogP contribution in [0.5, 0.6) is 0 Å². The summed E-state index contributed by atoms with van der Waals surface area (Å²) in [5.74, 6) is -0.979. The van der Waals surface area contributed by atoms with Gasteiger partial charge in [0.2, 0.25) is 0 Å². The number of rotatable bonds is 56. The third-order valence-corrected chi connectivity index (χ3v) is 13.4. The van der Waals surface area contributed by atoms with Crippen LogP contribution in [0.3, 0.4) is 0 Å². The Morgan fingerprint density at radius 3 is 0.932 bits per heavy atom. The molecule has 1 atom stereocenters. The highest BCUT2D eigenvalue weighted by molar-refractivity contribution is 5.71. The molecule has 0 aliphatic heterocycles. The van der Waals surface area contributed by atoms with Crippen molar-refractivity contribution in [1.29, 1.82) is 0 Å². The van der Waals surface area contributed by atoms with Crippen LogP contribution in [-0.2, 0) is 28.6 Å². The van der Waals surface area contributed by atoms with Crippen molar-refractivity contribution in [2.24, 2.45) is 0 Å². The maximum absolute atomic E-state index is 12.9. The summed E-state index contributed by atoms with van der Waals surface area (Å²) in [6, 6.07) is 0. The molecule has 0 N–H and O–H groups in total. The Hall–Kier alpha value is -3.41. The SMILES string of the molecule is CC/C=C\C/C=C\C/C=C\C/C=C\CCC(=O)OCC(COC(=O)CCCCCCCCCCCCC/C=C\C/C=C\CCCCCCC)OC(=O)CCCCCCCCCCC/C=C\CCCCCCCC. The second-order valence-corrected chi connectivity index (χ2v) is 20.6. The first-order valence-corrected chi connectivity index (χ1v) is 31.1. The Balaban J connectivity index is 4.36. The minimum Gasteiger partial charge on any atom is -0.462 e. The molecule has 0 rings (SSSR count). The van der Waals surface area contributed by atoms with E-state index in [1.54, 1.807) is 0 Å². The Morgan fingerprint density at radius 2 is 0.562 bits per heavy atom. The minimum atomic E-state index is -0.808. The number of hydrogen-bond acceptors (Lipinski definition) is 6. The van der Waals surface area contributed by atoms with Gasteiger partial charge in [0.1, 0.15) is 13.2 Å². The van der Waals surface area contributed by atoms with E-state index >= 15 is 0 Å². The number of carbonyl (C=O) groups excluding carboxylic acids is 3. The summed E-state index contributed by atoms with van der Waals surface area (Å²) in [4.78, 5) is 38.2. The molecule has 0 spiro atoms. The molecule has 6 heteroatoms. The maximum Gasteiger partial charge on any atom is 0.306 e. The van der Waals surface area contributed by atoms with Crippen LogP contribution in [0.4, 0.5) is 0 Å². The molecular weight excluding hydrogens is 901 g/mol. The van der Waals surface area contributed by atoms with Crippen LogP contribution in [0.2, 0.25) is 0 Å². The number of allylic oxidation sites excluding steroid dienone is 14. The molecule has 73 heavy (non-hydrogen) atoms. The first-order chi connectivity index (χ1) is 36.0. The highest BCUT2D eigenvalue weighted by Crippen LogP contribution is 2.16. The van der Waals surface area contributed by atoms with Gasteiger partial charge >= 0.3 is 17.9 Å². The van der Waals surface area contributed by atoms with E-state index in [1.165, 1.54) is 186 Å². The summed E-state index contributed by atoms with van der Waals surface area (Å²) in [7, 11) is 0. The molecule has 0 bridgehead atoms. The summed E-state index contributed by atoms with van der Waals surface area (Å²) in [6.07, 6.45) is 80.3. The zero-order valence-corrected chi connectivity index (χ0v) is 48.1. The van der Waals surface area contributed by atoms with Gasteiger partial charge in [0.25, 0.3) is 0 Å². The Bertz CT molecular complexity index is 1400. The van der Waals surface area contributed by atoms with Gasteiger partial charge in [0, 0.05) is 19.3 Å². The van der Waals surface area contributed by atoms with Crippen molar-refractivity contribution in [2.45, 2.75) is 309 Å². The molecule has 0 heterocycles. The van der Waals surface area contributed by atoms with E-state index in [0.717, 1.165) is 70.6 Å². The molecule has 0 fully saturated rings. The lowest BCUT2D eigenvalue weighted by atomic mass is 10.0. The molecule has 1 unspecified atom stereocenters. The van der Waals surface area contributed by atoms with Crippen LogP contribution in [0.1, 0.15) is 303 Å². The summed E-state index contributed by atoms with van der Waals surface area (Å²) < 4.78 is 16.8. The Labute approximate surface area is 452 Å². The largest absolute Gasteiger partial charge is 0.462 e. The third-order valence-electron chi connectivity index (χ3n) is 13.4. The van der Waals surface area contributed by atoms with Crippen molar-refractivity contribution < 1.29 is 28.6 Å². The van der Waals surface area contributed by atoms with Crippen molar-refractivity contribution in [3.05, 3.63) is 85.1 Å². The molecule has 0 radical (unpaired) electrons. The van der Waals surface area contributed by atoms with Gasteiger partial charge in [-0.2, -0.15) is 0 Å². The van der Waals surface area contributed by atoms with E-state index in [0.29, 0.717) is 19.3 Å². The van der Waals surface area contributed by atoms with E-state index in [4.69, 9.17) is 14.2 Å². The van der Waals surface area contributed by atoms with Crippen LogP contribution in [0.25, 0.3) is 0 Å². The van der Waals surface area contributed by atoms with E-state index in [9.17, 15) is 14.4 Å². The Kier molecular flexibility index (Phi) is 58.3. The predicted molar refractivity (Wildman–Crippen MR) is 316 cm³/mol. The van der Waals surface area contributed by atoms with Gasteiger partial charge < -0.3 is 14.2 Å². The van der Waals surface area contributed by atoms with Crippen LogP contribution < -0.4 is 0 Å². The summed E-state index contributed by atoms with van der Waals surface area (Å²) >= 11 is 0. The molecule has 0 aliphatic carbocycles. The number of unbranched alkanes of at least 4 members (excludes halogenated alkanes) is 31. The average molecular weight is 1020 g/mol. The molecule has 420 valence electrons. The van der Waals surface area contributed by atoms with Gasteiger partial charge in [-0.25, -0.2) is 0 Å². The molecule has 6 nitrogen and oxygen atoms in total. The second kappa shape index (κ2) is 61.1. The number of carbonyl (C=O) groups is 3. The van der Waals surface area contributed by atoms with Crippen LogP contribution in [0, 0.1) is 0 Å². The third kappa shape index (κ3) is 59.3. The molecule has 0 saturated heterocycles. The van der Waals surface area contributed by atoms with E-state index in [-0.39, 0.29) is 37.5 Å². The molecule has 0 saturated carbocycles. The fraction of sp³-hybridized carbons (Fsp3) is 0.746. The van der Waals surface area contributed by atoms with Crippen molar-refractivity contribution in [2.75, 3.05) is 13.2 Å². The van der Waals surface area contributed by atoms with Gasteiger partial charge in [0.05, 0.1) is 0 Å². The van der Waals surface area contributed by atoms with Crippen LogP contribution >= 0.6 is 0 Å². The van der Waals surface area contributed by atoms with Crippen LogP contribution in [0.15, 0.2) is 85.1 Å². The van der Waals surface area contributed by atoms with Crippen LogP contribution in [-0.4, -0.2) is 37.2 Å². The first-order valence-electron chi connectivity index (χ1n) is 31.1. The lowest BCUT2D eigenvalue weighted by molar-refractivity contribution is -0.166. The van der Waals surface area contributed by atoms with E-state index < -0.39 is 6.10 Å². The standard InChI is InChI=1S/C67H116O6/c1-4-7-10-13-16-19-22-25-27-29-31-32-33-34-36-37-39-42-45-48-51-54-57-60-66(69)72-63-64(62-71-65(68)59-56-53-50-47-44-41-24-21-18-15-12-9-6-3)73-67(70)61-58-55-52-49-46-43-40-38-35-30-28-26-23-20-17-14-11-8-5-2/h9,12,18,21-22,25-26,28-29,31,41,44,50,53,64H,4-8,10-11,13-17,19-20,23-24,27,30,32-40,42-43,45-49,51-52,54-63H2,1-3H3/b12-9-,21-18-,25-22-,28-26-,31-29-,44-41-,53-50-. The summed E-state index contributed by atoms with van der Waals surface area (Å²) in [6.45, 7) is 6.47. The van der Waals surface area contributed by atoms with E-state index in [1.807, 2.05) is 6.08 Å². The number of ether oxygens (including phenoxy) is 3. The summed E-state index contributed by atoms with van der Waals surface area (Å²) in [5.41, 5.74) is 0. The van der Waals surface area contributed by atoms with Crippen molar-refractivity contribution in [3.8, 4) is 0 Å². The second-order valence-electron chi connectivity index (χ2n) is 20.6. The van der Waals surface area contributed by atoms with Crippen molar-refractivity contribution in [1.82, 2.24) is 0 Å². The number of hydrogen-bond donors (Lipinski definition) is 0. The molecule has 0 aromatic rings. The molecule has 0 aliphatic rings. The molecule has 0 aromatic heterocycles. The predicted octanol–water partition coefficient (Wildman–Crippen LogP) is 21.1. The van der Waals surface area contributed by atoms with Gasteiger partial charge in [-0.05, 0) is 103 Å². The van der Waals surface area contributed by atoms with Crippen molar-refractivity contribution in [3.63, 3.8) is 0 Å². The topological polar surface area (TPSA) is 78.9 Å². The normalized spacial score (nSPS) is 12.6. The molecular formula is C67H116O6. The highest BCUT2D eigenvalue weighted by atomic mass is 16.6. The highest BCUT2D eigenvalue weighted by Gasteiger charge is 2.19. The lowest BCUT2D eigenvalue weighted by Crippen LogP contribution is -2.30. The summed E-state index contributed by atoms with van der Waals surface area (Å²) in [5, 5.41) is 0. The lowest BCUT2D eigenvalue weighted by Gasteiger charge is -2.18. The smallest absolute Gasteiger partial charge is 0.306 e. The molecule has 0 aromatic carbocycles. The van der Waals surface area contributed by atoms with Gasteiger partial charge in [-0.1, -0.05) is 266 Å². The fourth-order valence-corrected chi connectivity index (χ4v) is 8.72. The monoisotopic (exact) mass is 1020 g/mol. The zero-order chi connectivity index (χ0) is 52.9. The maximum atomic E-state index is 12.9. The van der Waals surface area contributed by atoms with Gasteiger partial charge in [-0.15, -0.1) is 0 Å². The van der Waals surface area contributed by atoms with E-state index in [2.05, 4.69) is 99.8 Å². The Morgan fingerprint density at radius 1 is 0.288 bits per heavy atom. The fourth-order valence-electron chi connectivity index (χ4n) is 8.72.